The van der Waals surface area contributed by atoms with Gasteiger partial charge in [-0.15, -0.1) is 11.3 Å². The third-order valence-corrected chi connectivity index (χ3v) is 13.9. The first kappa shape index (κ1) is 49.7. The van der Waals surface area contributed by atoms with Gasteiger partial charge in [0.15, 0.2) is 10.8 Å². The molecule has 3 saturated carbocycles. The van der Waals surface area contributed by atoms with Crippen LogP contribution in [0, 0.1) is 17.3 Å². The summed E-state index contributed by atoms with van der Waals surface area (Å²) in [7, 11) is 2.91. The Bertz CT molecular complexity index is 2200. The number of esters is 1. The first-order valence-electron chi connectivity index (χ1n) is 22.2. The number of benzene rings is 2. The van der Waals surface area contributed by atoms with E-state index in [9.17, 15) is 14.4 Å². The van der Waals surface area contributed by atoms with Crippen molar-refractivity contribution >= 4 is 47.3 Å². The van der Waals surface area contributed by atoms with E-state index in [0.717, 1.165) is 65.7 Å². The molecule has 2 aromatic carbocycles. The molecule has 5 atom stereocenters. The van der Waals surface area contributed by atoms with Crippen molar-refractivity contribution in [3.8, 4) is 5.75 Å². The SMILES string of the molecule is COc1c(C[C@H](NC(=O)/C(=N\OCc2ccccc2)c2csc(NC(=O)OC(C)(C)C)n2)B2OC3C[C@H]4C[C@@H](C4(C)C)[C@]3(C)O2)ccc(C[N+]2(C)CCCC2)c1C(=O)OC(C)(C)C.[I-]. The summed E-state index contributed by atoms with van der Waals surface area (Å²) in [6, 6.07) is 13.4. The van der Waals surface area contributed by atoms with Crippen molar-refractivity contribution in [2.45, 2.75) is 136 Å². The highest BCUT2D eigenvalue weighted by Crippen LogP contribution is 2.65. The van der Waals surface area contributed by atoms with Gasteiger partial charge in [0, 0.05) is 23.8 Å². The Hall–Kier alpha value is -3.78. The van der Waals surface area contributed by atoms with Gasteiger partial charge in [0.25, 0.3) is 5.91 Å². The largest absolute Gasteiger partial charge is 1.00 e. The molecule has 2 saturated heterocycles. The van der Waals surface area contributed by atoms with Crippen LogP contribution in [0.2, 0.25) is 0 Å². The first-order chi connectivity index (χ1) is 29.6. The third-order valence-electron chi connectivity index (χ3n) is 13.2. The number of hydrogen-bond acceptors (Lipinski definition) is 12. The first-order valence-corrected chi connectivity index (χ1v) is 23.0. The van der Waals surface area contributed by atoms with E-state index in [-0.39, 0.29) is 71.0 Å². The minimum Gasteiger partial charge on any atom is -1.00 e. The lowest BCUT2D eigenvalue weighted by Gasteiger charge is -2.64. The number of ether oxygens (including phenoxy) is 3. The number of thiazole rings is 1. The van der Waals surface area contributed by atoms with Gasteiger partial charge in [-0.3, -0.25) is 10.1 Å². The second-order valence-electron chi connectivity index (χ2n) is 20.7. The predicted molar refractivity (Wildman–Crippen MR) is 243 cm³/mol. The van der Waals surface area contributed by atoms with Gasteiger partial charge in [0.2, 0.25) is 0 Å². The molecular weight excluding hydrogens is 948 g/mol. The molecule has 2 N–H and O–H groups in total. The van der Waals surface area contributed by atoms with Gasteiger partial charge in [-0.25, -0.2) is 14.6 Å². The van der Waals surface area contributed by atoms with E-state index in [4.69, 9.17) is 28.4 Å². The highest BCUT2D eigenvalue weighted by Gasteiger charge is 2.68. The van der Waals surface area contributed by atoms with Crippen LogP contribution in [0.4, 0.5) is 9.93 Å². The molecule has 3 aromatic rings. The lowest BCUT2D eigenvalue weighted by Crippen LogP contribution is -3.00. The van der Waals surface area contributed by atoms with Crippen molar-refractivity contribution in [3.63, 3.8) is 0 Å². The van der Waals surface area contributed by atoms with Crippen LogP contribution in [-0.2, 0) is 48.0 Å². The maximum atomic E-state index is 14.8. The number of nitrogens with one attached hydrogen (secondary N) is 2. The number of anilines is 1. The fraction of sp³-hybridized carbons (Fsp3) is 0.596. The molecule has 1 unspecified atom stereocenters. The average molecular weight is 1010 g/mol. The lowest BCUT2D eigenvalue weighted by atomic mass is 9.43. The van der Waals surface area contributed by atoms with Crippen LogP contribution in [0.3, 0.4) is 0 Å². The maximum Gasteiger partial charge on any atom is 0.482 e. The topological polar surface area (TPSA) is 156 Å². The van der Waals surface area contributed by atoms with Crippen molar-refractivity contribution in [1.29, 1.82) is 0 Å². The van der Waals surface area contributed by atoms with Crippen LogP contribution in [0.5, 0.6) is 5.75 Å². The van der Waals surface area contributed by atoms with E-state index in [1.165, 1.54) is 0 Å². The summed E-state index contributed by atoms with van der Waals surface area (Å²) in [5, 5.41) is 12.1. The zero-order valence-corrected chi connectivity index (χ0v) is 42.1. The third kappa shape index (κ3) is 11.1. The predicted octanol–water partition coefficient (Wildman–Crippen LogP) is 5.11. The van der Waals surface area contributed by atoms with E-state index >= 15 is 0 Å². The smallest absolute Gasteiger partial charge is 0.482 e. The molecular formula is C47H65BIN5O9S. The number of hydrogen-bond donors (Lipinski definition) is 2. The van der Waals surface area contributed by atoms with Crippen molar-refractivity contribution in [3.05, 3.63) is 75.8 Å². The number of quaternary nitrogens is 1. The summed E-state index contributed by atoms with van der Waals surface area (Å²) in [5.74, 6) is -0.712. The fourth-order valence-corrected chi connectivity index (χ4v) is 10.6. The van der Waals surface area contributed by atoms with Crippen molar-refractivity contribution in [1.82, 2.24) is 10.3 Å². The van der Waals surface area contributed by atoms with Gasteiger partial charge in [-0.05, 0) is 96.1 Å². The fourth-order valence-electron chi connectivity index (χ4n) is 9.95. The maximum absolute atomic E-state index is 14.8. The number of rotatable bonds is 14. The number of oxime groups is 1. The molecule has 2 amide bonds. The average Bonchev–Trinajstić information content (AvgIpc) is 3.93. The minimum atomic E-state index is -0.867. The quantitative estimate of drug-likeness (QED) is 0.0556. The minimum absolute atomic E-state index is 0. The Kier molecular flexibility index (Phi) is 14.9. The highest BCUT2D eigenvalue weighted by molar-refractivity contribution is 7.14. The number of likely N-dealkylation sites (tertiary alicyclic amines) is 1. The second-order valence-corrected chi connectivity index (χ2v) is 21.6. The zero-order valence-electron chi connectivity index (χ0n) is 39.2. The normalized spacial score (nSPS) is 23.8. The Morgan fingerprint density at radius 3 is 2.30 bits per heavy atom. The van der Waals surface area contributed by atoms with Crippen LogP contribution >= 0.6 is 11.3 Å². The van der Waals surface area contributed by atoms with Gasteiger partial charge in [0.05, 0.1) is 44.9 Å². The van der Waals surface area contributed by atoms with Gasteiger partial charge in [-0.1, -0.05) is 61.5 Å². The second kappa shape index (κ2) is 19.2. The molecule has 64 heavy (non-hydrogen) atoms. The molecule has 3 heterocycles. The molecule has 14 nitrogen and oxygen atoms in total. The van der Waals surface area contributed by atoms with Crippen molar-refractivity contribution in [2.24, 2.45) is 22.4 Å². The molecule has 5 fully saturated rings. The molecule has 1 aromatic heterocycles. The van der Waals surface area contributed by atoms with E-state index in [0.29, 0.717) is 29.3 Å². The molecule has 17 heteroatoms. The number of aromatic nitrogens is 1. The molecule has 5 aliphatic rings. The number of halogens is 1. The zero-order chi connectivity index (χ0) is 45.5. The number of carbonyl (C=O) groups excluding carboxylic acids is 3. The van der Waals surface area contributed by atoms with Gasteiger partial charge < -0.3 is 62.1 Å². The standard InChI is InChI=1S/C47H64BN5O9S.HI/c1-44(2,3)59-41(55)37-31(26-53(10)21-15-16-22-53)20-19-30(39(37)57-11)23-36(48-61-35-25-32-24-34(46(32,7)8)47(35,9)62-48)50-40(54)38(52-58-27-29-17-13-12-14-18-29)33-28-63-42(49-33)51-43(56)60-45(4,5)6;/h12-14,17-20,28,32,34-36H,15-16,21-27H2,1-11H3,(H-,49,50,51,54,56);1H/b52-38-;/t32-,34+,35?,36+,47+;/m1./s1. The van der Waals surface area contributed by atoms with Crippen LogP contribution in [0.15, 0.2) is 53.0 Å². The van der Waals surface area contributed by atoms with Crippen LogP contribution in [0.25, 0.3) is 0 Å². The van der Waals surface area contributed by atoms with Crippen LogP contribution < -0.4 is 39.3 Å². The molecule has 2 bridgehead atoms. The van der Waals surface area contributed by atoms with Crippen LogP contribution in [-0.4, -0.2) is 96.4 Å². The Morgan fingerprint density at radius 2 is 1.66 bits per heavy atom. The van der Waals surface area contributed by atoms with E-state index in [1.54, 1.807) is 33.3 Å². The number of nitrogens with zero attached hydrogens (tertiary/aromatic N) is 3. The van der Waals surface area contributed by atoms with E-state index in [1.807, 2.05) is 63.2 Å². The lowest BCUT2D eigenvalue weighted by molar-refractivity contribution is -0.910. The molecule has 3 aliphatic carbocycles. The van der Waals surface area contributed by atoms with E-state index in [2.05, 4.69) is 48.6 Å². The van der Waals surface area contributed by atoms with Crippen molar-refractivity contribution < 1.29 is 71.2 Å². The summed E-state index contributed by atoms with van der Waals surface area (Å²) >= 11 is 1.12. The summed E-state index contributed by atoms with van der Waals surface area (Å²) < 4.78 is 32.3. The summed E-state index contributed by atoms with van der Waals surface area (Å²) in [5.41, 5.74) is 0.835. The van der Waals surface area contributed by atoms with Gasteiger partial charge in [0.1, 0.15) is 41.4 Å². The summed E-state index contributed by atoms with van der Waals surface area (Å²) in [4.78, 5) is 52.1. The molecule has 0 radical (unpaired) electrons. The number of carbonyl (C=O) groups is 3. The van der Waals surface area contributed by atoms with Crippen molar-refractivity contribution in [2.75, 3.05) is 32.6 Å². The Morgan fingerprint density at radius 1 is 0.984 bits per heavy atom. The number of amides is 2. The number of methoxy groups -OCH3 is 1. The van der Waals surface area contributed by atoms with Crippen LogP contribution in [0.1, 0.15) is 121 Å². The highest BCUT2D eigenvalue weighted by atomic mass is 127. The molecule has 0 spiro atoms. The summed E-state index contributed by atoms with van der Waals surface area (Å²) in [6.07, 6.45) is 3.47. The monoisotopic (exact) mass is 1010 g/mol. The van der Waals surface area contributed by atoms with Gasteiger partial charge in [-0.2, -0.15) is 0 Å². The molecule has 2 aliphatic heterocycles. The van der Waals surface area contributed by atoms with Gasteiger partial charge >= 0.3 is 19.2 Å². The molecule has 8 rings (SSSR count). The Labute approximate surface area is 399 Å². The van der Waals surface area contributed by atoms with E-state index < -0.39 is 47.8 Å². The Balaban J connectivity index is 0.00000680. The summed E-state index contributed by atoms with van der Waals surface area (Å²) in [6.45, 7) is 20.3. The molecule has 348 valence electrons.